The molecule has 0 amide bonds. The Kier molecular flexibility index (Phi) is 4.02. The average Bonchev–Trinajstić information content (AvgIpc) is 2.89. The van der Waals surface area contributed by atoms with Crippen LogP contribution in [-0.2, 0) is 17.2 Å². The highest BCUT2D eigenvalue weighted by Gasteiger charge is 2.15. The SMILES string of the molecule is CCCc1cc(S(=O)c2nc3ccc(C)cc3[nH]2)nc(C)n1. The van der Waals surface area contributed by atoms with Crippen molar-refractivity contribution < 1.29 is 4.21 Å². The summed E-state index contributed by atoms with van der Waals surface area (Å²) in [4.78, 5) is 16.2. The number of nitrogens with zero attached hydrogens (tertiary/aromatic N) is 3. The van der Waals surface area contributed by atoms with Crippen molar-refractivity contribution in [2.24, 2.45) is 0 Å². The number of imidazole rings is 1. The third-order valence-electron chi connectivity index (χ3n) is 3.35. The smallest absolute Gasteiger partial charge is 0.204 e. The van der Waals surface area contributed by atoms with Crippen molar-refractivity contribution in [3.63, 3.8) is 0 Å². The van der Waals surface area contributed by atoms with E-state index >= 15 is 0 Å². The summed E-state index contributed by atoms with van der Waals surface area (Å²) in [5.41, 5.74) is 3.76. The molecule has 0 spiro atoms. The van der Waals surface area contributed by atoms with E-state index in [0.29, 0.717) is 16.0 Å². The van der Waals surface area contributed by atoms with Crippen LogP contribution in [0.4, 0.5) is 0 Å². The quantitative estimate of drug-likeness (QED) is 0.751. The molecule has 1 N–H and O–H groups in total. The summed E-state index contributed by atoms with van der Waals surface area (Å²) in [7, 11) is -1.43. The van der Waals surface area contributed by atoms with Crippen LogP contribution in [0.1, 0.15) is 30.4 Å². The van der Waals surface area contributed by atoms with E-state index in [1.54, 1.807) is 0 Å². The van der Waals surface area contributed by atoms with Gasteiger partial charge in [0.1, 0.15) is 21.6 Å². The minimum atomic E-state index is -1.43. The van der Waals surface area contributed by atoms with Crippen LogP contribution in [-0.4, -0.2) is 24.1 Å². The number of hydrogen-bond donors (Lipinski definition) is 1. The van der Waals surface area contributed by atoms with Crippen LogP contribution in [0.25, 0.3) is 11.0 Å². The molecule has 0 saturated carbocycles. The first-order chi connectivity index (χ1) is 10.6. The highest BCUT2D eigenvalue weighted by molar-refractivity contribution is 7.84. The van der Waals surface area contributed by atoms with E-state index < -0.39 is 10.8 Å². The number of fused-ring (bicyclic) bond motifs is 1. The molecule has 0 saturated heterocycles. The van der Waals surface area contributed by atoms with Crippen molar-refractivity contribution in [1.29, 1.82) is 0 Å². The van der Waals surface area contributed by atoms with Crippen LogP contribution in [0, 0.1) is 13.8 Å². The topological polar surface area (TPSA) is 71.5 Å². The van der Waals surface area contributed by atoms with Gasteiger partial charge in [-0.05, 0) is 44.0 Å². The highest BCUT2D eigenvalue weighted by Crippen LogP contribution is 2.19. The van der Waals surface area contributed by atoms with Crippen LogP contribution in [0.15, 0.2) is 34.4 Å². The molecule has 2 heterocycles. The van der Waals surface area contributed by atoms with Gasteiger partial charge in [0.2, 0.25) is 5.16 Å². The molecule has 0 aliphatic heterocycles. The zero-order valence-corrected chi connectivity index (χ0v) is 13.7. The van der Waals surface area contributed by atoms with Crippen molar-refractivity contribution in [2.75, 3.05) is 0 Å². The summed E-state index contributed by atoms with van der Waals surface area (Å²) in [5, 5.41) is 0.938. The number of aromatic nitrogens is 4. The maximum absolute atomic E-state index is 12.7. The van der Waals surface area contributed by atoms with E-state index in [1.165, 1.54) is 0 Å². The van der Waals surface area contributed by atoms with Crippen LogP contribution >= 0.6 is 0 Å². The first-order valence-electron chi connectivity index (χ1n) is 7.29. The lowest BCUT2D eigenvalue weighted by Gasteiger charge is -2.03. The number of aromatic amines is 1. The maximum atomic E-state index is 12.7. The van der Waals surface area contributed by atoms with Gasteiger partial charge in [-0.2, -0.15) is 0 Å². The molecule has 5 nitrogen and oxygen atoms in total. The van der Waals surface area contributed by atoms with Crippen molar-refractivity contribution >= 4 is 21.8 Å². The number of benzene rings is 1. The molecule has 0 radical (unpaired) electrons. The van der Waals surface area contributed by atoms with Crippen LogP contribution < -0.4 is 0 Å². The van der Waals surface area contributed by atoms with E-state index in [2.05, 4.69) is 26.9 Å². The van der Waals surface area contributed by atoms with Crippen molar-refractivity contribution in [1.82, 2.24) is 19.9 Å². The van der Waals surface area contributed by atoms with E-state index in [1.807, 2.05) is 38.1 Å². The zero-order chi connectivity index (χ0) is 15.7. The van der Waals surface area contributed by atoms with E-state index in [4.69, 9.17) is 0 Å². The first kappa shape index (κ1) is 14.8. The molecule has 3 aromatic rings. The second-order valence-corrected chi connectivity index (χ2v) is 6.67. The molecule has 1 aromatic carbocycles. The number of nitrogens with one attached hydrogen (secondary N) is 1. The monoisotopic (exact) mass is 314 g/mol. The van der Waals surface area contributed by atoms with Crippen LogP contribution in [0.2, 0.25) is 0 Å². The van der Waals surface area contributed by atoms with Gasteiger partial charge in [-0.25, -0.2) is 19.2 Å². The van der Waals surface area contributed by atoms with Crippen molar-refractivity contribution in [2.45, 2.75) is 43.8 Å². The number of aryl methyl sites for hydroxylation is 3. The molecule has 3 rings (SSSR count). The van der Waals surface area contributed by atoms with Gasteiger partial charge in [0.05, 0.1) is 11.0 Å². The normalized spacial score (nSPS) is 12.7. The highest BCUT2D eigenvalue weighted by atomic mass is 32.2. The fourth-order valence-electron chi connectivity index (χ4n) is 2.37. The Labute approximate surface area is 131 Å². The molecular weight excluding hydrogens is 296 g/mol. The first-order valence-corrected chi connectivity index (χ1v) is 8.44. The van der Waals surface area contributed by atoms with Gasteiger partial charge in [0.25, 0.3) is 0 Å². The second kappa shape index (κ2) is 5.96. The number of H-pyrrole nitrogens is 1. The molecule has 1 unspecified atom stereocenters. The lowest BCUT2D eigenvalue weighted by atomic mass is 10.2. The molecule has 0 aliphatic carbocycles. The molecule has 22 heavy (non-hydrogen) atoms. The molecule has 0 fully saturated rings. The summed E-state index contributed by atoms with van der Waals surface area (Å²) in [5.74, 6) is 0.640. The standard InChI is InChI=1S/C16H18N4OS/c1-4-5-12-9-15(18-11(3)17-12)22(21)16-19-13-7-6-10(2)8-14(13)20-16/h6-9H,4-5H2,1-3H3,(H,19,20). The minimum absolute atomic E-state index is 0.432. The predicted molar refractivity (Wildman–Crippen MR) is 86.3 cm³/mol. The van der Waals surface area contributed by atoms with E-state index in [9.17, 15) is 4.21 Å². The van der Waals surface area contributed by atoms with Gasteiger partial charge in [-0.3, -0.25) is 0 Å². The zero-order valence-electron chi connectivity index (χ0n) is 12.9. The Morgan fingerprint density at radius 1 is 1.14 bits per heavy atom. The van der Waals surface area contributed by atoms with E-state index in [-0.39, 0.29) is 0 Å². The number of hydrogen-bond acceptors (Lipinski definition) is 4. The molecule has 2 aromatic heterocycles. The molecule has 0 aliphatic rings. The predicted octanol–water partition coefficient (Wildman–Crippen LogP) is 3.09. The molecule has 0 bridgehead atoms. The van der Waals surface area contributed by atoms with Crippen LogP contribution in [0.3, 0.4) is 0 Å². The van der Waals surface area contributed by atoms with Crippen LogP contribution in [0.5, 0.6) is 0 Å². The Morgan fingerprint density at radius 2 is 1.95 bits per heavy atom. The second-order valence-electron chi connectivity index (χ2n) is 5.33. The molecule has 114 valence electrons. The molecule has 6 heteroatoms. The fourth-order valence-corrected chi connectivity index (χ4v) is 3.41. The molecular formula is C16H18N4OS. The summed E-state index contributed by atoms with van der Waals surface area (Å²) >= 11 is 0. The number of rotatable bonds is 4. The Hall–Kier alpha value is -2.08. The van der Waals surface area contributed by atoms with Crippen molar-refractivity contribution in [3.05, 3.63) is 41.3 Å². The Morgan fingerprint density at radius 3 is 2.73 bits per heavy atom. The summed E-state index contributed by atoms with van der Waals surface area (Å²) in [6.45, 7) is 5.93. The average molecular weight is 314 g/mol. The van der Waals surface area contributed by atoms with Gasteiger partial charge in [0, 0.05) is 5.69 Å². The summed E-state index contributed by atoms with van der Waals surface area (Å²) < 4.78 is 12.7. The van der Waals surface area contributed by atoms with Gasteiger partial charge < -0.3 is 4.98 Å². The van der Waals surface area contributed by atoms with Gasteiger partial charge in [0.15, 0.2) is 0 Å². The largest absolute Gasteiger partial charge is 0.330 e. The van der Waals surface area contributed by atoms with Gasteiger partial charge in [-0.1, -0.05) is 19.4 Å². The maximum Gasteiger partial charge on any atom is 0.204 e. The summed E-state index contributed by atoms with van der Waals surface area (Å²) in [6, 6.07) is 7.72. The van der Waals surface area contributed by atoms with Gasteiger partial charge in [-0.15, -0.1) is 0 Å². The Bertz CT molecular complexity index is 856. The third kappa shape index (κ3) is 2.92. The fraction of sp³-hybridized carbons (Fsp3) is 0.312. The van der Waals surface area contributed by atoms with Crippen molar-refractivity contribution in [3.8, 4) is 0 Å². The van der Waals surface area contributed by atoms with Gasteiger partial charge >= 0.3 is 0 Å². The minimum Gasteiger partial charge on any atom is -0.330 e. The molecule has 1 atom stereocenters. The third-order valence-corrected chi connectivity index (χ3v) is 4.49. The van der Waals surface area contributed by atoms with E-state index in [0.717, 1.165) is 35.1 Å². The lowest BCUT2D eigenvalue weighted by molar-refractivity contribution is 0.672. The summed E-state index contributed by atoms with van der Waals surface area (Å²) in [6.07, 6.45) is 1.85. The lowest BCUT2D eigenvalue weighted by Crippen LogP contribution is -2.04. The Balaban J connectivity index is 2.01.